The molecule has 4 rings (SSSR count). The summed E-state index contributed by atoms with van der Waals surface area (Å²) in [4.78, 5) is 19.4. The van der Waals surface area contributed by atoms with Gasteiger partial charge in [-0.3, -0.25) is 9.89 Å². The van der Waals surface area contributed by atoms with E-state index in [0.717, 1.165) is 31.6 Å². The Morgan fingerprint density at radius 3 is 2.61 bits per heavy atom. The van der Waals surface area contributed by atoms with Crippen LogP contribution in [0.3, 0.4) is 0 Å². The molecule has 1 fully saturated rings. The monoisotopic (exact) mass is 441 g/mol. The molecule has 0 aliphatic carbocycles. The van der Waals surface area contributed by atoms with Crippen molar-refractivity contribution < 1.29 is 8.42 Å². The van der Waals surface area contributed by atoms with Gasteiger partial charge in [0.1, 0.15) is 4.90 Å². The van der Waals surface area contributed by atoms with Crippen molar-refractivity contribution >= 4 is 10.0 Å². The van der Waals surface area contributed by atoms with E-state index in [4.69, 9.17) is 0 Å². The Balaban J connectivity index is 1.53. The summed E-state index contributed by atoms with van der Waals surface area (Å²) in [5.74, 6) is 0.351. The van der Waals surface area contributed by atoms with Gasteiger partial charge >= 0.3 is 0 Å². The molecule has 1 saturated heterocycles. The number of rotatable bonds is 7. The standard InChI is InChI=1S/C22H27N5O3S/c1-3-26-12-11-19(16-26)25(2)31(29,30)20-9-10-21(23-15-20)27-22(28)18(14-24-27)13-17-7-5-4-6-8-17/h4-10,14-15,19,24H,3,11-13,16H2,1-2H3. The predicted molar refractivity (Wildman–Crippen MR) is 119 cm³/mol. The van der Waals surface area contributed by atoms with Crippen LogP contribution in [0.15, 0.2) is 64.5 Å². The second kappa shape index (κ2) is 8.78. The van der Waals surface area contributed by atoms with Gasteiger partial charge in [0, 0.05) is 44.0 Å². The van der Waals surface area contributed by atoms with Gasteiger partial charge in [0.05, 0.1) is 0 Å². The van der Waals surface area contributed by atoms with E-state index in [2.05, 4.69) is 21.9 Å². The average Bonchev–Trinajstić information content (AvgIpc) is 3.41. The van der Waals surface area contributed by atoms with E-state index in [1.165, 1.54) is 21.3 Å². The first-order valence-corrected chi connectivity index (χ1v) is 11.8. The lowest BCUT2D eigenvalue weighted by molar-refractivity contribution is 0.316. The van der Waals surface area contributed by atoms with Crippen LogP contribution < -0.4 is 5.56 Å². The minimum absolute atomic E-state index is 0.0452. The lowest BCUT2D eigenvalue weighted by atomic mass is 10.1. The van der Waals surface area contributed by atoms with Crippen molar-refractivity contribution in [3.05, 3.63) is 76.3 Å². The molecule has 164 valence electrons. The zero-order valence-corrected chi connectivity index (χ0v) is 18.5. The second-order valence-electron chi connectivity index (χ2n) is 7.81. The summed E-state index contributed by atoms with van der Waals surface area (Å²) in [6.45, 7) is 4.63. The Hall–Kier alpha value is -2.75. The summed E-state index contributed by atoms with van der Waals surface area (Å²) in [5.41, 5.74) is 1.46. The fourth-order valence-electron chi connectivity index (χ4n) is 3.94. The van der Waals surface area contributed by atoms with Crippen molar-refractivity contribution in [3.63, 3.8) is 0 Å². The molecule has 0 bridgehead atoms. The quantitative estimate of drug-likeness (QED) is 0.604. The van der Waals surface area contributed by atoms with Crippen LogP contribution in [0, 0.1) is 0 Å². The summed E-state index contributed by atoms with van der Waals surface area (Å²) >= 11 is 0. The van der Waals surface area contributed by atoms with E-state index in [-0.39, 0.29) is 16.5 Å². The molecular formula is C22H27N5O3S. The molecular weight excluding hydrogens is 414 g/mol. The third-order valence-corrected chi connectivity index (χ3v) is 7.81. The fourth-order valence-corrected chi connectivity index (χ4v) is 5.26. The number of hydrogen-bond donors (Lipinski definition) is 1. The highest BCUT2D eigenvalue weighted by molar-refractivity contribution is 7.89. The van der Waals surface area contributed by atoms with Crippen LogP contribution in [0.4, 0.5) is 0 Å². The molecule has 31 heavy (non-hydrogen) atoms. The Bertz CT molecular complexity index is 1190. The molecule has 3 heterocycles. The molecule has 0 saturated carbocycles. The van der Waals surface area contributed by atoms with Crippen LogP contribution in [0.5, 0.6) is 0 Å². The van der Waals surface area contributed by atoms with Crippen LogP contribution >= 0.6 is 0 Å². The van der Waals surface area contributed by atoms with Gasteiger partial charge in [-0.1, -0.05) is 37.3 Å². The van der Waals surface area contributed by atoms with E-state index in [0.29, 0.717) is 17.8 Å². The van der Waals surface area contributed by atoms with E-state index < -0.39 is 10.0 Å². The molecule has 0 spiro atoms. The number of hydrogen-bond acceptors (Lipinski definition) is 5. The van der Waals surface area contributed by atoms with Crippen molar-refractivity contribution in [3.8, 4) is 5.82 Å². The number of nitrogens with one attached hydrogen (secondary N) is 1. The molecule has 1 N–H and O–H groups in total. The van der Waals surface area contributed by atoms with Gasteiger partial charge in [-0.2, -0.15) is 4.31 Å². The molecule has 3 aromatic rings. The number of aromatic nitrogens is 3. The van der Waals surface area contributed by atoms with Gasteiger partial charge in [-0.05, 0) is 37.2 Å². The molecule has 1 unspecified atom stereocenters. The average molecular weight is 442 g/mol. The summed E-state index contributed by atoms with van der Waals surface area (Å²) in [6.07, 6.45) is 4.31. The van der Waals surface area contributed by atoms with Crippen LogP contribution in [-0.4, -0.2) is 65.1 Å². The predicted octanol–water partition coefficient (Wildman–Crippen LogP) is 1.87. The SMILES string of the molecule is CCN1CCC(N(C)S(=O)(=O)c2ccc(-n3[nH]cc(Cc4ccccc4)c3=O)nc2)C1. The molecule has 1 aromatic carbocycles. The number of H-pyrrole nitrogens is 1. The van der Waals surface area contributed by atoms with Gasteiger partial charge in [0.15, 0.2) is 5.82 Å². The topological polar surface area (TPSA) is 91.3 Å². The maximum Gasteiger partial charge on any atom is 0.276 e. The molecule has 8 nitrogen and oxygen atoms in total. The van der Waals surface area contributed by atoms with E-state index in [1.807, 2.05) is 30.3 Å². The lowest BCUT2D eigenvalue weighted by Gasteiger charge is -2.24. The molecule has 0 radical (unpaired) electrons. The lowest BCUT2D eigenvalue weighted by Crippen LogP contribution is -2.39. The minimum Gasteiger partial charge on any atom is -0.302 e. The Kier molecular flexibility index (Phi) is 6.08. The third-order valence-electron chi connectivity index (χ3n) is 5.92. The van der Waals surface area contributed by atoms with Gasteiger partial charge < -0.3 is 4.90 Å². The third kappa shape index (κ3) is 4.34. The summed E-state index contributed by atoms with van der Waals surface area (Å²) in [5, 5.41) is 2.92. The molecule has 2 aromatic heterocycles. The number of benzene rings is 1. The van der Waals surface area contributed by atoms with Crippen molar-refractivity contribution in [1.29, 1.82) is 0 Å². The van der Waals surface area contributed by atoms with Gasteiger partial charge in [-0.15, -0.1) is 0 Å². The summed E-state index contributed by atoms with van der Waals surface area (Å²) < 4.78 is 28.8. The largest absolute Gasteiger partial charge is 0.302 e. The van der Waals surface area contributed by atoms with Crippen molar-refractivity contribution in [1.82, 2.24) is 24.0 Å². The van der Waals surface area contributed by atoms with Crippen molar-refractivity contribution in [2.45, 2.75) is 30.7 Å². The molecule has 1 aliphatic rings. The van der Waals surface area contributed by atoms with Gasteiger partial charge in [0.2, 0.25) is 10.0 Å². The van der Waals surface area contributed by atoms with Crippen LogP contribution in [-0.2, 0) is 16.4 Å². The number of sulfonamides is 1. The van der Waals surface area contributed by atoms with Gasteiger partial charge in [-0.25, -0.2) is 18.1 Å². The Morgan fingerprint density at radius 2 is 1.97 bits per heavy atom. The highest BCUT2D eigenvalue weighted by Gasteiger charge is 2.32. The first kappa shape index (κ1) is 21.5. The number of likely N-dealkylation sites (tertiary alicyclic amines) is 1. The number of pyridine rings is 1. The normalized spacial score (nSPS) is 17.5. The van der Waals surface area contributed by atoms with Gasteiger partial charge in [0.25, 0.3) is 5.56 Å². The fraction of sp³-hybridized carbons (Fsp3) is 0.364. The van der Waals surface area contributed by atoms with Crippen molar-refractivity contribution in [2.24, 2.45) is 0 Å². The number of likely N-dealkylation sites (N-methyl/N-ethyl adjacent to an activating group) is 2. The zero-order chi connectivity index (χ0) is 22.0. The summed E-state index contributed by atoms with van der Waals surface area (Å²) in [7, 11) is -2.03. The smallest absolute Gasteiger partial charge is 0.276 e. The molecule has 9 heteroatoms. The molecule has 1 atom stereocenters. The maximum absolute atomic E-state index is 13.0. The highest BCUT2D eigenvalue weighted by atomic mass is 32.2. The van der Waals surface area contributed by atoms with Crippen molar-refractivity contribution in [2.75, 3.05) is 26.7 Å². The van der Waals surface area contributed by atoms with E-state index >= 15 is 0 Å². The Labute approximate surface area is 182 Å². The maximum atomic E-state index is 13.0. The molecule has 1 aliphatic heterocycles. The van der Waals surface area contributed by atoms with E-state index in [1.54, 1.807) is 19.3 Å². The van der Waals surface area contributed by atoms with E-state index in [9.17, 15) is 13.2 Å². The first-order chi connectivity index (χ1) is 14.9. The molecule has 0 amide bonds. The minimum atomic E-state index is -3.65. The number of aromatic amines is 1. The zero-order valence-electron chi connectivity index (χ0n) is 17.7. The number of nitrogens with zero attached hydrogens (tertiary/aromatic N) is 4. The highest BCUT2D eigenvalue weighted by Crippen LogP contribution is 2.22. The first-order valence-electron chi connectivity index (χ1n) is 10.4. The Morgan fingerprint density at radius 1 is 1.19 bits per heavy atom. The van der Waals surface area contributed by atoms with Crippen LogP contribution in [0.2, 0.25) is 0 Å². The van der Waals surface area contributed by atoms with Crippen LogP contribution in [0.25, 0.3) is 5.82 Å². The summed E-state index contributed by atoms with van der Waals surface area (Å²) in [6, 6.07) is 12.7. The van der Waals surface area contributed by atoms with Crippen LogP contribution in [0.1, 0.15) is 24.5 Å². The second-order valence-corrected chi connectivity index (χ2v) is 9.81.